The third-order valence-electron chi connectivity index (χ3n) is 6.52. The van der Waals surface area contributed by atoms with Gasteiger partial charge in [-0.25, -0.2) is 0 Å². The summed E-state index contributed by atoms with van der Waals surface area (Å²) in [5.41, 5.74) is 9.10. The highest BCUT2D eigenvalue weighted by Crippen LogP contribution is 2.27. The number of ether oxygens (including phenoxy) is 1. The van der Waals surface area contributed by atoms with Crippen molar-refractivity contribution in [3.8, 4) is 5.75 Å². The minimum atomic E-state index is -0.152. The lowest BCUT2D eigenvalue weighted by atomic mass is 10.1. The van der Waals surface area contributed by atoms with Crippen molar-refractivity contribution in [3.05, 3.63) is 76.1 Å². The molecule has 1 atom stereocenters. The van der Waals surface area contributed by atoms with Crippen LogP contribution in [0.2, 0.25) is 0 Å². The fourth-order valence-electron chi connectivity index (χ4n) is 4.67. The fraction of sp³-hybridized carbons (Fsp3) is 0.346. The van der Waals surface area contributed by atoms with Crippen LogP contribution in [0.3, 0.4) is 0 Å². The maximum atomic E-state index is 13.6. The van der Waals surface area contributed by atoms with Gasteiger partial charge in [0.15, 0.2) is 11.2 Å². The van der Waals surface area contributed by atoms with E-state index in [2.05, 4.69) is 10.2 Å². The van der Waals surface area contributed by atoms with E-state index >= 15 is 0 Å². The number of hydrogen-bond donors (Lipinski definition) is 2. The molecule has 9 heteroatoms. The minimum absolute atomic E-state index is 0.0714. The van der Waals surface area contributed by atoms with E-state index in [1.54, 1.807) is 18.7 Å². The Hall–Kier alpha value is -3.85. The van der Waals surface area contributed by atoms with Crippen molar-refractivity contribution in [1.29, 1.82) is 0 Å². The van der Waals surface area contributed by atoms with Crippen molar-refractivity contribution < 1.29 is 4.74 Å². The number of rotatable bonds is 7. The van der Waals surface area contributed by atoms with E-state index in [0.717, 1.165) is 36.3 Å². The van der Waals surface area contributed by atoms with Gasteiger partial charge in [-0.1, -0.05) is 48.5 Å². The van der Waals surface area contributed by atoms with Crippen molar-refractivity contribution in [3.63, 3.8) is 0 Å². The monoisotopic (exact) mass is 473 g/mol. The molecule has 0 bridgehead atoms. The molecule has 35 heavy (non-hydrogen) atoms. The van der Waals surface area contributed by atoms with Gasteiger partial charge >= 0.3 is 0 Å². The molecule has 0 amide bonds. The zero-order chi connectivity index (χ0) is 24.4. The molecule has 2 aromatic carbocycles. The molecule has 4 aromatic rings. The van der Waals surface area contributed by atoms with E-state index in [1.165, 1.54) is 0 Å². The molecule has 1 aliphatic rings. The van der Waals surface area contributed by atoms with Gasteiger partial charge < -0.3 is 20.7 Å². The predicted molar refractivity (Wildman–Crippen MR) is 138 cm³/mol. The van der Waals surface area contributed by atoms with E-state index in [9.17, 15) is 4.79 Å². The molecule has 1 unspecified atom stereocenters. The SMILES string of the molecule is COc1ccccc1Cn1c(N2CCCC(N)C2)nc2nc(NCc3ccccc3)n(C)c(=O)c21. The van der Waals surface area contributed by atoms with Crippen molar-refractivity contribution >= 4 is 23.1 Å². The Balaban J connectivity index is 1.60. The van der Waals surface area contributed by atoms with Gasteiger partial charge in [0.1, 0.15) is 5.75 Å². The van der Waals surface area contributed by atoms with Crippen LogP contribution >= 0.6 is 0 Å². The van der Waals surface area contributed by atoms with Crippen LogP contribution in [0.25, 0.3) is 11.2 Å². The van der Waals surface area contributed by atoms with Gasteiger partial charge in [-0.15, -0.1) is 0 Å². The Kier molecular flexibility index (Phi) is 6.41. The first-order valence-corrected chi connectivity index (χ1v) is 11.9. The molecule has 1 fully saturated rings. The molecule has 1 aliphatic heterocycles. The maximum Gasteiger partial charge on any atom is 0.281 e. The first-order chi connectivity index (χ1) is 17.0. The molecular weight excluding hydrogens is 442 g/mol. The number of anilines is 2. The summed E-state index contributed by atoms with van der Waals surface area (Å²) in [6, 6.07) is 17.9. The van der Waals surface area contributed by atoms with Gasteiger partial charge in [-0.05, 0) is 24.5 Å². The molecule has 1 saturated heterocycles. The summed E-state index contributed by atoms with van der Waals surface area (Å²) in [5.74, 6) is 1.96. The highest BCUT2D eigenvalue weighted by atomic mass is 16.5. The minimum Gasteiger partial charge on any atom is -0.496 e. The molecule has 0 saturated carbocycles. The number of hydrogen-bond acceptors (Lipinski definition) is 7. The molecule has 9 nitrogen and oxygen atoms in total. The summed E-state index contributed by atoms with van der Waals surface area (Å²) in [4.78, 5) is 25.4. The summed E-state index contributed by atoms with van der Waals surface area (Å²) in [7, 11) is 3.39. The van der Waals surface area contributed by atoms with Gasteiger partial charge in [0.25, 0.3) is 5.56 Å². The van der Waals surface area contributed by atoms with Gasteiger partial charge in [0.05, 0.1) is 13.7 Å². The van der Waals surface area contributed by atoms with Crippen LogP contribution in [0.5, 0.6) is 5.75 Å². The highest BCUT2D eigenvalue weighted by molar-refractivity contribution is 5.76. The second kappa shape index (κ2) is 9.79. The van der Waals surface area contributed by atoms with Gasteiger partial charge in [-0.3, -0.25) is 13.9 Å². The number of methoxy groups -OCH3 is 1. The zero-order valence-corrected chi connectivity index (χ0v) is 20.1. The second-order valence-corrected chi connectivity index (χ2v) is 8.97. The first kappa shape index (κ1) is 22.9. The van der Waals surface area contributed by atoms with E-state index in [0.29, 0.717) is 42.7 Å². The van der Waals surface area contributed by atoms with Crippen LogP contribution < -0.4 is 26.2 Å². The van der Waals surface area contributed by atoms with E-state index in [-0.39, 0.29) is 11.6 Å². The van der Waals surface area contributed by atoms with Gasteiger partial charge in [0, 0.05) is 38.3 Å². The number of imidazole rings is 1. The lowest BCUT2D eigenvalue weighted by Gasteiger charge is -2.32. The molecule has 5 rings (SSSR count). The fourth-order valence-corrected chi connectivity index (χ4v) is 4.67. The maximum absolute atomic E-state index is 13.6. The molecule has 182 valence electrons. The summed E-state index contributed by atoms with van der Waals surface area (Å²) >= 11 is 0. The number of benzene rings is 2. The Morgan fingerprint density at radius 3 is 2.66 bits per heavy atom. The summed E-state index contributed by atoms with van der Waals surface area (Å²) in [5, 5.41) is 3.29. The second-order valence-electron chi connectivity index (χ2n) is 8.97. The average molecular weight is 474 g/mol. The van der Waals surface area contributed by atoms with E-state index in [4.69, 9.17) is 20.4 Å². The van der Waals surface area contributed by atoms with E-state index in [1.807, 2.05) is 59.2 Å². The number of para-hydroxylation sites is 1. The zero-order valence-electron chi connectivity index (χ0n) is 20.1. The van der Waals surface area contributed by atoms with Gasteiger partial charge in [0.2, 0.25) is 11.9 Å². The van der Waals surface area contributed by atoms with Crippen molar-refractivity contribution in [2.45, 2.75) is 32.0 Å². The Labute approximate surface area is 204 Å². The molecule has 0 radical (unpaired) electrons. The van der Waals surface area contributed by atoms with Crippen LogP contribution in [0.1, 0.15) is 24.0 Å². The standard InChI is InChI=1S/C26H31N7O2/c1-31-24(34)22-23(29-25(31)28-15-18-9-4-3-5-10-18)30-26(32-14-8-12-20(27)17-32)33(22)16-19-11-6-7-13-21(19)35-2/h3-7,9-11,13,20H,8,12,14-17,27H2,1-2H3,(H,28,29). The molecule has 0 aliphatic carbocycles. The van der Waals surface area contributed by atoms with Crippen molar-refractivity contribution in [2.24, 2.45) is 12.8 Å². The number of piperidine rings is 1. The lowest BCUT2D eigenvalue weighted by molar-refractivity contribution is 0.408. The normalized spacial score (nSPS) is 16.0. The van der Waals surface area contributed by atoms with E-state index < -0.39 is 0 Å². The quantitative estimate of drug-likeness (QED) is 0.425. The lowest BCUT2D eigenvalue weighted by Crippen LogP contribution is -2.44. The van der Waals surface area contributed by atoms with Crippen LogP contribution in [-0.2, 0) is 20.1 Å². The number of nitrogens with one attached hydrogen (secondary N) is 1. The van der Waals surface area contributed by atoms with Crippen LogP contribution in [0.15, 0.2) is 59.4 Å². The van der Waals surface area contributed by atoms with Crippen molar-refractivity contribution in [1.82, 2.24) is 19.1 Å². The molecule has 3 N–H and O–H groups in total. The summed E-state index contributed by atoms with van der Waals surface area (Å²) in [6.07, 6.45) is 1.96. The third kappa shape index (κ3) is 4.59. The molecular formula is C26H31N7O2. The molecule has 3 heterocycles. The Morgan fingerprint density at radius 2 is 1.89 bits per heavy atom. The first-order valence-electron chi connectivity index (χ1n) is 11.9. The molecule has 2 aromatic heterocycles. The summed E-state index contributed by atoms with van der Waals surface area (Å²) < 4.78 is 9.09. The number of aromatic nitrogens is 4. The average Bonchev–Trinajstić information content (AvgIpc) is 3.24. The largest absolute Gasteiger partial charge is 0.496 e. The Bertz CT molecular complexity index is 1380. The van der Waals surface area contributed by atoms with Crippen molar-refractivity contribution in [2.75, 3.05) is 30.4 Å². The number of nitrogens with two attached hydrogens (primary N) is 1. The third-order valence-corrected chi connectivity index (χ3v) is 6.52. The topological polar surface area (TPSA) is 103 Å². The number of fused-ring (bicyclic) bond motifs is 1. The number of nitrogens with zero attached hydrogens (tertiary/aromatic N) is 5. The predicted octanol–water partition coefficient (Wildman–Crippen LogP) is 2.73. The summed E-state index contributed by atoms with van der Waals surface area (Å²) in [6.45, 7) is 2.52. The van der Waals surface area contributed by atoms with Crippen LogP contribution in [0, 0.1) is 0 Å². The van der Waals surface area contributed by atoms with Crippen LogP contribution in [-0.4, -0.2) is 45.3 Å². The smallest absolute Gasteiger partial charge is 0.281 e. The van der Waals surface area contributed by atoms with Crippen LogP contribution in [0.4, 0.5) is 11.9 Å². The Morgan fingerprint density at radius 1 is 1.11 bits per heavy atom. The highest BCUT2D eigenvalue weighted by Gasteiger charge is 2.26. The van der Waals surface area contributed by atoms with Gasteiger partial charge in [-0.2, -0.15) is 9.97 Å². The molecule has 0 spiro atoms.